The molecule has 2 aromatic rings. The smallest absolute Gasteiger partial charge is 0.253 e. The quantitative estimate of drug-likeness (QED) is 0.333. The summed E-state index contributed by atoms with van der Waals surface area (Å²) in [5.41, 5.74) is 8.91. The standard InChI is InChI=1S/C26H31N5O3.2ClH/c1-17(27)30-11-9-22(10-12-30)34-23-7-8-24-20(15-23)14-21(31(24)25(33)16-32)6-5-18-3-2-4-19(13-18)26(28)29;;/h2-8,13,15,21-22,27,32H,9-12,14,16H2,1H3,(H3,28,29);2*1H/b6-5+,27-17?;;. The van der Waals surface area contributed by atoms with Gasteiger partial charge in [-0.2, -0.15) is 0 Å². The third-order valence-corrected chi connectivity index (χ3v) is 6.40. The Kier molecular flexibility index (Phi) is 10.3. The number of fused-ring (bicyclic) bond motifs is 1. The van der Waals surface area contributed by atoms with E-state index in [9.17, 15) is 9.90 Å². The number of nitrogens with one attached hydrogen (secondary N) is 2. The monoisotopic (exact) mass is 533 g/mol. The molecule has 0 radical (unpaired) electrons. The van der Waals surface area contributed by atoms with Gasteiger partial charge in [-0.25, -0.2) is 0 Å². The molecule has 194 valence electrons. The molecule has 1 saturated heterocycles. The summed E-state index contributed by atoms with van der Waals surface area (Å²) in [7, 11) is 0. The van der Waals surface area contributed by atoms with E-state index in [1.54, 1.807) is 11.0 Å². The van der Waals surface area contributed by atoms with Crippen LogP contribution in [0.5, 0.6) is 5.75 Å². The lowest BCUT2D eigenvalue weighted by molar-refractivity contribution is -0.121. The Morgan fingerprint density at radius 3 is 2.53 bits per heavy atom. The van der Waals surface area contributed by atoms with Crippen molar-refractivity contribution in [3.8, 4) is 5.75 Å². The molecule has 0 spiro atoms. The fourth-order valence-electron chi connectivity index (χ4n) is 4.61. The second kappa shape index (κ2) is 12.8. The topological polar surface area (TPSA) is 127 Å². The van der Waals surface area contributed by atoms with Gasteiger partial charge in [-0.1, -0.05) is 30.4 Å². The predicted octanol–water partition coefficient (Wildman–Crippen LogP) is 3.62. The first kappa shape index (κ1) is 29.2. The highest BCUT2D eigenvalue weighted by atomic mass is 35.5. The molecule has 4 rings (SSSR count). The van der Waals surface area contributed by atoms with Gasteiger partial charge in [0.2, 0.25) is 0 Å². The van der Waals surface area contributed by atoms with Crippen LogP contribution in [0.3, 0.4) is 0 Å². The second-order valence-electron chi connectivity index (χ2n) is 8.77. The van der Waals surface area contributed by atoms with E-state index in [1.165, 1.54) is 0 Å². The molecule has 2 aliphatic heterocycles. The van der Waals surface area contributed by atoms with E-state index in [4.69, 9.17) is 21.3 Å². The first-order chi connectivity index (χ1) is 16.4. The third kappa shape index (κ3) is 6.57. The minimum atomic E-state index is -0.563. The minimum absolute atomic E-state index is 0. The molecule has 1 amide bonds. The van der Waals surface area contributed by atoms with Crippen molar-refractivity contribution in [3.05, 3.63) is 65.2 Å². The number of nitrogens with two attached hydrogens (primary N) is 1. The molecule has 1 unspecified atom stereocenters. The van der Waals surface area contributed by atoms with E-state index < -0.39 is 6.61 Å². The zero-order chi connectivity index (χ0) is 24.2. The number of amides is 1. The first-order valence-corrected chi connectivity index (χ1v) is 11.5. The molecule has 1 fully saturated rings. The van der Waals surface area contributed by atoms with E-state index in [1.807, 2.05) is 55.5 Å². The number of carbonyl (C=O) groups is 1. The Balaban J connectivity index is 0.00000228. The number of nitrogens with zero attached hydrogens (tertiary/aromatic N) is 2. The third-order valence-electron chi connectivity index (χ3n) is 6.40. The van der Waals surface area contributed by atoms with Gasteiger partial charge in [-0.3, -0.25) is 15.6 Å². The molecule has 36 heavy (non-hydrogen) atoms. The van der Waals surface area contributed by atoms with Gasteiger partial charge in [0.1, 0.15) is 24.3 Å². The lowest BCUT2D eigenvalue weighted by Crippen LogP contribution is -2.40. The molecular formula is C26H33Cl2N5O3. The number of benzene rings is 2. The van der Waals surface area contributed by atoms with Crippen LogP contribution in [0.1, 0.15) is 36.5 Å². The van der Waals surface area contributed by atoms with Crippen molar-refractivity contribution in [2.45, 2.75) is 38.3 Å². The number of rotatable bonds is 6. The van der Waals surface area contributed by atoms with Crippen molar-refractivity contribution in [2.75, 3.05) is 24.6 Å². The number of carbonyl (C=O) groups excluding carboxylic acids is 1. The number of halogens is 2. The Morgan fingerprint density at radius 1 is 1.17 bits per heavy atom. The molecule has 10 heteroatoms. The van der Waals surface area contributed by atoms with Crippen LogP contribution in [-0.4, -0.2) is 59.4 Å². The second-order valence-corrected chi connectivity index (χ2v) is 8.77. The number of likely N-dealkylation sites (tertiary alicyclic amines) is 1. The molecule has 1 atom stereocenters. The zero-order valence-corrected chi connectivity index (χ0v) is 21.8. The first-order valence-electron chi connectivity index (χ1n) is 11.5. The van der Waals surface area contributed by atoms with Crippen LogP contribution in [-0.2, 0) is 11.2 Å². The normalized spacial score (nSPS) is 17.2. The fraction of sp³-hybridized carbons (Fsp3) is 0.346. The lowest BCUT2D eigenvalue weighted by atomic mass is 10.1. The van der Waals surface area contributed by atoms with Crippen LogP contribution >= 0.6 is 24.8 Å². The van der Waals surface area contributed by atoms with E-state index in [0.29, 0.717) is 17.8 Å². The highest BCUT2D eigenvalue weighted by molar-refractivity contribution is 5.98. The van der Waals surface area contributed by atoms with Crippen molar-refractivity contribution in [2.24, 2.45) is 5.73 Å². The summed E-state index contributed by atoms with van der Waals surface area (Å²) in [4.78, 5) is 16.3. The van der Waals surface area contributed by atoms with Gasteiger partial charge in [0.15, 0.2) is 0 Å². The maximum atomic E-state index is 12.6. The van der Waals surface area contributed by atoms with Crippen LogP contribution < -0.4 is 15.4 Å². The van der Waals surface area contributed by atoms with Gasteiger partial charge in [-0.15, -0.1) is 24.8 Å². The van der Waals surface area contributed by atoms with Crippen molar-refractivity contribution < 1.29 is 14.6 Å². The summed E-state index contributed by atoms with van der Waals surface area (Å²) in [6.07, 6.45) is 6.32. The Bertz CT molecular complexity index is 1130. The Morgan fingerprint density at radius 2 is 1.89 bits per heavy atom. The molecule has 5 N–H and O–H groups in total. The fourth-order valence-corrected chi connectivity index (χ4v) is 4.61. The van der Waals surface area contributed by atoms with E-state index in [0.717, 1.165) is 48.5 Å². The highest BCUT2D eigenvalue weighted by Gasteiger charge is 2.32. The number of hydrogen-bond donors (Lipinski definition) is 4. The summed E-state index contributed by atoms with van der Waals surface area (Å²) in [6.45, 7) is 2.89. The summed E-state index contributed by atoms with van der Waals surface area (Å²) >= 11 is 0. The predicted molar refractivity (Wildman–Crippen MR) is 148 cm³/mol. The number of aliphatic hydroxyl groups is 1. The van der Waals surface area contributed by atoms with Gasteiger partial charge in [0.25, 0.3) is 5.91 Å². The maximum absolute atomic E-state index is 12.6. The van der Waals surface area contributed by atoms with Gasteiger partial charge in [-0.05, 0) is 48.7 Å². The van der Waals surface area contributed by atoms with Gasteiger partial charge < -0.3 is 25.4 Å². The highest BCUT2D eigenvalue weighted by Crippen LogP contribution is 2.36. The van der Waals surface area contributed by atoms with Crippen LogP contribution in [0.2, 0.25) is 0 Å². The van der Waals surface area contributed by atoms with Crippen LogP contribution in [0.25, 0.3) is 6.08 Å². The molecular weight excluding hydrogens is 501 g/mol. The van der Waals surface area contributed by atoms with E-state index in [2.05, 4.69) is 4.90 Å². The summed E-state index contributed by atoms with van der Waals surface area (Å²) in [5, 5.41) is 25.0. The lowest BCUT2D eigenvalue weighted by Gasteiger charge is -2.32. The average Bonchev–Trinajstić information content (AvgIpc) is 3.20. The molecule has 0 saturated carbocycles. The molecule has 0 aliphatic carbocycles. The molecule has 2 aliphatic rings. The average molecular weight is 534 g/mol. The molecule has 8 nitrogen and oxygen atoms in total. The number of piperidine rings is 1. The molecule has 2 aromatic carbocycles. The van der Waals surface area contributed by atoms with Crippen molar-refractivity contribution >= 4 is 54.2 Å². The van der Waals surface area contributed by atoms with Crippen LogP contribution in [0.4, 0.5) is 5.69 Å². The summed E-state index contributed by atoms with van der Waals surface area (Å²) in [5.74, 6) is 1.02. The van der Waals surface area contributed by atoms with Gasteiger partial charge >= 0.3 is 0 Å². The van der Waals surface area contributed by atoms with Crippen molar-refractivity contribution in [1.29, 1.82) is 10.8 Å². The molecule has 0 bridgehead atoms. The largest absolute Gasteiger partial charge is 0.490 e. The Labute approximate surface area is 224 Å². The number of nitrogen functional groups attached to an aromatic ring is 1. The number of aliphatic hydroxyl groups excluding tert-OH is 1. The van der Waals surface area contributed by atoms with Crippen LogP contribution in [0.15, 0.2) is 48.5 Å². The summed E-state index contributed by atoms with van der Waals surface area (Å²) in [6, 6.07) is 12.9. The number of hydrogen-bond acceptors (Lipinski definition) is 5. The summed E-state index contributed by atoms with van der Waals surface area (Å²) < 4.78 is 6.23. The van der Waals surface area contributed by atoms with E-state index >= 15 is 0 Å². The van der Waals surface area contributed by atoms with Crippen LogP contribution in [0, 0.1) is 10.8 Å². The van der Waals surface area contributed by atoms with Crippen molar-refractivity contribution in [3.63, 3.8) is 0 Å². The van der Waals surface area contributed by atoms with Crippen molar-refractivity contribution in [1.82, 2.24) is 4.90 Å². The molecule has 0 aromatic heterocycles. The zero-order valence-electron chi connectivity index (χ0n) is 20.1. The minimum Gasteiger partial charge on any atom is -0.490 e. The number of ether oxygens (including phenoxy) is 1. The SMILES string of the molecule is CC(=N)N1CCC(Oc2ccc3c(c2)CC(/C=C/c2cccc(C(=N)N)c2)N3C(=O)CO)CC1.Cl.Cl. The van der Waals surface area contributed by atoms with Gasteiger partial charge in [0.05, 0.1) is 11.9 Å². The van der Waals surface area contributed by atoms with E-state index in [-0.39, 0.29) is 48.7 Å². The number of anilines is 1. The number of amidine groups is 2. The Hall–Kier alpha value is -3.07. The van der Waals surface area contributed by atoms with Gasteiger partial charge in [0, 0.05) is 37.2 Å². The maximum Gasteiger partial charge on any atom is 0.253 e. The molecule has 2 heterocycles.